The van der Waals surface area contributed by atoms with Crippen LogP contribution in [0.1, 0.15) is 27.2 Å². The van der Waals surface area contributed by atoms with Gasteiger partial charge in [-0.2, -0.15) is 17.2 Å². The molecule has 0 unspecified atom stereocenters. The molecule has 13 heteroatoms. The van der Waals surface area contributed by atoms with Gasteiger partial charge >= 0.3 is 22.2 Å². The number of carbonyl (C=O) groups excluding carboxylic acids is 2. The molecule has 8 nitrogen and oxygen atoms in total. The Morgan fingerprint density at radius 2 is 1.57 bits per heavy atom. The topological polar surface area (TPSA) is 119 Å². The van der Waals surface area contributed by atoms with Crippen molar-refractivity contribution in [1.29, 1.82) is 0 Å². The summed E-state index contributed by atoms with van der Waals surface area (Å²) in [5, 5.41) is 1.91. The second-order valence-electron chi connectivity index (χ2n) is 6.08. The Morgan fingerprint density at radius 3 is 2.00 bits per heavy atom. The fourth-order valence-electron chi connectivity index (χ4n) is 1.67. The second-order valence-corrected chi connectivity index (χ2v) is 7.44. The van der Waals surface area contributed by atoms with Crippen molar-refractivity contribution in [3.05, 3.63) is 23.3 Å². The van der Waals surface area contributed by atoms with Crippen molar-refractivity contribution >= 4 is 22.2 Å². The number of hydrogen-bond donors (Lipinski definition) is 2. The number of carbonyl (C=O) groups is 2. The molecule has 28 heavy (non-hydrogen) atoms. The second kappa shape index (κ2) is 8.73. The van der Waals surface area contributed by atoms with E-state index in [0.717, 1.165) is 0 Å². The molecule has 0 saturated carbocycles. The Hall–Kier alpha value is -2.41. The third kappa shape index (κ3) is 5.32. The first-order valence-corrected chi connectivity index (χ1v) is 9.14. The van der Waals surface area contributed by atoms with Crippen LogP contribution in [0.4, 0.5) is 22.4 Å². The summed E-state index contributed by atoms with van der Waals surface area (Å²) in [6.45, 7) is 4.32. The van der Waals surface area contributed by atoms with Crippen LogP contribution in [0.15, 0.2) is 4.90 Å². The van der Waals surface area contributed by atoms with Gasteiger partial charge in [0.2, 0.25) is 17.4 Å². The zero-order valence-electron chi connectivity index (χ0n) is 14.9. The molecule has 0 atom stereocenters. The van der Waals surface area contributed by atoms with Gasteiger partial charge in [0.05, 0.1) is 12.0 Å². The van der Waals surface area contributed by atoms with E-state index in [2.05, 4.69) is 4.74 Å². The summed E-state index contributed by atoms with van der Waals surface area (Å²) in [5.41, 5.74) is -0.767. The van der Waals surface area contributed by atoms with Gasteiger partial charge in [-0.05, 0) is 20.3 Å². The molecule has 0 saturated heterocycles. The molecular weight excluding hydrogens is 414 g/mol. The molecule has 0 aromatic heterocycles. The number of rotatable bonds is 7. The maximum atomic E-state index is 13.7. The molecular formula is C15H17F4NO7S. The van der Waals surface area contributed by atoms with Crippen LogP contribution in [0.25, 0.3) is 0 Å². The van der Waals surface area contributed by atoms with E-state index in [9.17, 15) is 35.6 Å². The minimum atomic E-state index is -5.63. The van der Waals surface area contributed by atoms with Crippen LogP contribution >= 0.6 is 0 Å². The van der Waals surface area contributed by atoms with E-state index >= 15 is 0 Å². The average Bonchev–Trinajstić information content (AvgIpc) is 2.59. The standard InChI is InChI=1S/C15H17F4NO7S/c1-4-15(2,3)13(21)26-6-5-20-14(22)27-11-7(16)9(18)12(28(23,24)25)10(19)8(11)17/h4-6H2,1-3H3,(H,20,22)(H,23,24,25). The summed E-state index contributed by atoms with van der Waals surface area (Å²) in [6, 6.07) is 0. The fraction of sp³-hybridized carbons (Fsp3) is 0.467. The molecule has 1 aromatic rings. The molecule has 0 aliphatic heterocycles. The highest BCUT2D eigenvalue weighted by Gasteiger charge is 2.34. The van der Waals surface area contributed by atoms with Crippen molar-refractivity contribution in [2.45, 2.75) is 32.1 Å². The lowest BCUT2D eigenvalue weighted by molar-refractivity contribution is -0.153. The van der Waals surface area contributed by atoms with E-state index in [0.29, 0.717) is 6.42 Å². The molecule has 0 aliphatic carbocycles. The number of nitrogens with one attached hydrogen (secondary N) is 1. The molecule has 0 aliphatic rings. The van der Waals surface area contributed by atoms with Gasteiger partial charge in [0.15, 0.2) is 16.5 Å². The number of benzene rings is 1. The van der Waals surface area contributed by atoms with Gasteiger partial charge in [-0.1, -0.05) is 6.92 Å². The minimum absolute atomic E-state index is 0.327. The predicted molar refractivity (Wildman–Crippen MR) is 85.1 cm³/mol. The first-order valence-electron chi connectivity index (χ1n) is 7.70. The van der Waals surface area contributed by atoms with E-state index in [4.69, 9.17) is 9.29 Å². The quantitative estimate of drug-likeness (QED) is 0.224. The van der Waals surface area contributed by atoms with Crippen LogP contribution in [-0.4, -0.2) is 38.2 Å². The SMILES string of the molecule is CCC(C)(C)C(=O)OCCNC(=O)Oc1c(F)c(F)c(S(=O)(=O)O)c(F)c1F. The number of ether oxygens (including phenoxy) is 2. The van der Waals surface area contributed by atoms with Gasteiger partial charge in [-0.25, -0.2) is 13.6 Å². The molecule has 0 spiro atoms. The lowest BCUT2D eigenvalue weighted by Crippen LogP contribution is -2.33. The van der Waals surface area contributed by atoms with Crippen molar-refractivity contribution in [3.63, 3.8) is 0 Å². The predicted octanol–water partition coefficient (Wildman–Crippen LogP) is 2.56. The zero-order chi connectivity index (χ0) is 21.9. The van der Waals surface area contributed by atoms with Crippen LogP contribution in [-0.2, 0) is 19.6 Å². The molecule has 0 bridgehead atoms. The summed E-state index contributed by atoms with van der Waals surface area (Å²) in [6.07, 6.45) is -1.08. The molecule has 0 fully saturated rings. The monoisotopic (exact) mass is 431 g/mol. The van der Waals surface area contributed by atoms with E-state index in [-0.39, 0.29) is 13.2 Å². The fourth-order valence-corrected chi connectivity index (χ4v) is 2.30. The van der Waals surface area contributed by atoms with Gasteiger partial charge in [0.1, 0.15) is 6.61 Å². The first kappa shape index (κ1) is 23.6. The number of hydrogen-bond acceptors (Lipinski definition) is 6. The Kier molecular flexibility index (Phi) is 7.37. The lowest BCUT2D eigenvalue weighted by Gasteiger charge is -2.20. The Morgan fingerprint density at radius 1 is 1.07 bits per heavy atom. The molecule has 2 N–H and O–H groups in total. The largest absolute Gasteiger partial charge is 0.463 e. The van der Waals surface area contributed by atoms with Crippen LogP contribution < -0.4 is 10.1 Å². The highest BCUT2D eigenvalue weighted by atomic mass is 32.2. The third-order valence-corrected chi connectivity index (χ3v) is 4.55. The maximum absolute atomic E-state index is 13.7. The van der Waals surface area contributed by atoms with Gasteiger partial charge in [0, 0.05) is 0 Å². The van der Waals surface area contributed by atoms with Crippen LogP contribution in [0.2, 0.25) is 0 Å². The van der Waals surface area contributed by atoms with Crippen LogP contribution in [0.5, 0.6) is 5.75 Å². The van der Waals surface area contributed by atoms with Crippen LogP contribution in [0, 0.1) is 28.7 Å². The van der Waals surface area contributed by atoms with E-state index in [1.807, 2.05) is 5.32 Å². The molecule has 0 radical (unpaired) electrons. The van der Waals surface area contributed by atoms with Crippen molar-refractivity contribution in [3.8, 4) is 5.75 Å². The summed E-state index contributed by atoms with van der Waals surface area (Å²) in [7, 11) is -5.63. The van der Waals surface area contributed by atoms with E-state index < -0.39 is 61.5 Å². The Bertz CT molecular complexity index is 858. The Balaban J connectivity index is 2.82. The van der Waals surface area contributed by atoms with Crippen molar-refractivity contribution in [2.24, 2.45) is 5.41 Å². The third-order valence-electron chi connectivity index (χ3n) is 3.68. The van der Waals surface area contributed by atoms with Gasteiger partial charge in [-0.3, -0.25) is 9.35 Å². The molecule has 1 amide bonds. The smallest absolute Gasteiger partial charge is 0.412 e. The van der Waals surface area contributed by atoms with E-state index in [1.54, 1.807) is 20.8 Å². The van der Waals surface area contributed by atoms with Crippen molar-refractivity contribution in [1.82, 2.24) is 5.32 Å². The molecule has 1 aromatic carbocycles. The summed E-state index contributed by atoms with van der Waals surface area (Å²) < 4.78 is 93.9. The van der Waals surface area contributed by atoms with Crippen molar-refractivity contribution in [2.75, 3.05) is 13.2 Å². The summed E-state index contributed by atoms with van der Waals surface area (Å²) in [5.74, 6) is -12.1. The first-order chi connectivity index (χ1) is 12.7. The molecule has 1 rings (SSSR count). The molecule has 158 valence electrons. The van der Waals surface area contributed by atoms with E-state index in [1.165, 1.54) is 0 Å². The molecule has 0 heterocycles. The lowest BCUT2D eigenvalue weighted by atomic mass is 9.91. The highest BCUT2D eigenvalue weighted by Crippen LogP contribution is 2.32. The number of amides is 1. The zero-order valence-corrected chi connectivity index (χ0v) is 15.8. The summed E-state index contributed by atoms with van der Waals surface area (Å²) >= 11 is 0. The normalized spacial score (nSPS) is 11.9. The van der Waals surface area contributed by atoms with Gasteiger partial charge < -0.3 is 14.8 Å². The average molecular weight is 431 g/mol. The number of halogens is 4. The summed E-state index contributed by atoms with van der Waals surface area (Å²) in [4.78, 5) is 20.9. The van der Waals surface area contributed by atoms with Crippen LogP contribution in [0.3, 0.4) is 0 Å². The van der Waals surface area contributed by atoms with Gasteiger partial charge in [-0.15, -0.1) is 0 Å². The van der Waals surface area contributed by atoms with Gasteiger partial charge in [0.25, 0.3) is 0 Å². The minimum Gasteiger partial charge on any atom is -0.463 e. The van der Waals surface area contributed by atoms with Crippen molar-refractivity contribution < 1.29 is 49.6 Å². The maximum Gasteiger partial charge on any atom is 0.412 e. The highest BCUT2D eigenvalue weighted by molar-refractivity contribution is 7.85. The Labute approximate surface area is 157 Å². The number of esters is 1.